The molecule has 182 valence electrons. The Kier molecular flexibility index (Phi) is 9.15. The standard InChI is InChI=1S/C28H30ClFN4O/c1-6-22(29)10-7-19(4)34-24(13-18(2)3)16-31-28-25-14-21(20-8-11-23(30)12-9-20)15-26(35-5)27(25)32-17-33-28/h6-15,17-18H,16H2,1-5H3,(H,31,32,33)/b10-7-,22-6+,24-13-,34-19+. The third kappa shape index (κ3) is 7.23. The number of aromatic nitrogens is 2. The number of allylic oxidation sites excluding steroid dienone is 5. The quantitative estimate of drug-likeness (QED) is 0.247. The number of rotatable bonds is 9. The molecule has 3 rings (SSSR count). The van der Waals surface area contributed by atoms with Crippen molar-refractivity contribution in [3.05, 3.63) is 83.6 Å². The van der Waals surface area contributed by atoms with E-state index in [2.05, 4.69) is 35.2 Å². The van der Waals surface area contributed by atoms with Crippen LogP contribution in [0.25, 0.3) is 22.0 Å². The van der Waals surface area contributed by atoms with Crippen molar-refractivity contribution in [1.82, 2.24) is 9.97 Å². The average molecular weight is 493 g/mol. The van der Waals surface area contributed by atoms with Crippen molar-refractivity contribution in [3.8, 4) is 16.9 Å². The number of ether oxygens (including phenoxy) is 1. The average Bonchev–Trinajstić information content (AvgIpc) is 2.85. The van der Waals surface area contributed by atoms with Gasteiger partial charge in [0, 0.05) is 16.1 Å². The molecule has 0 unspecified atom stereocenters. The topological polar surface area (TPSA) is 59.4 Å². The smallest absolute Gasteiger partial charge is 0.145 e. The van der Waals surface area contributed by atoms with Gasteiger partial charge < -0.3 is 10.1 Å². The summed E-state index contributed by atoms with van der Waals surface area (Å²) in [6.07, 6.45) is 9.15. The summed E-state index contributed by atoms with van der Waals surface area (Å²) in [5, 5.41) is 4.87. The van der Waals surface area contributed by atoms with Gasteiger partial charge in [0.1, 0.15) is 29.2 Å². The Morgan fingerprint density at radius 3 is 2.54 bits per heavy atom. The Morgan fingerprint density at radius 2 is 1.89 bits per heavy atom. The Balaban J connectivity index is 1.96. The monoisotopic (exact) mass is 492 g/mol. The highest BCUT2D eigenvalue weighted by Crippen LogP contribution is 2.34. The maximum absolute atomic E-state index is 13.4. The molecule has 0 spiro atoms. The molecule has 5 nitrogen and oxygen atoms in total. The van der Waals surface area contributed by atoms with Gasteiger partial charge in [-0.2, -0.15) is 0 Å². The maximum atomic E-state index is 13.4. The van der Waals surface area contributed by atoms with E-state index >= 15 is 0 Å². The van der Waals surface area contributed by atoms with E-state index in [1.807, 2.05) is 44.2 Å². The third-order valence-electron chi connectivity index (χ3n) is 5.14. The van der Waals surface area contributed by atoms with Crippen molar-refractivity contribution in [3.63, 3.8) is 0 Å². The van der Waals surface area contributed by atoms with Crippen LogP contribution in [0.1, 0.15) is 27.7 Å². The molecule has 0 saturated heterocycles. The summed E-state index contributed by atoms with van der Waals surface area (Å²) in [5.74, 6) is 1.31. The zero-order chi connectivity index (χ0) is 25.4. The number of fused-ring (bicyclic) bond motifs is 1. The summed E-state index contributed by atoms with van der Waals surface area (Å²) in [4.78, 5) is 13.7. The normalized spacial score (nSPS) is 13.2. The number of anilines is 1. The number of nitrogens with one attached hydrogen (secondary N) is 1. The highest BCUT2D eigenvalue weighted by molar-refractivity contribution is 6.31. The molecule has 1 N–H and O–H groups in total. The third-order valence-corrected chi connectivity index (χ3v) is 5.49. The first-order valence-electron chi connectivity index (χ1n) is 11.4. The van der Waals surface area contributed by atoms with Crippen LogP contribution in [0.15, 0.2) is 82.8 Å². The van der Waals surface area contributed by atoms with Crippen LogP contribution in [-0.4, -0.2) is 29.3 Å². The van der Waals surface area contributed by atoms with Gasteiger partial charge in [0.25, 0.3) is 0 Å². The molecule has 0 aliphatic rings. The molecular weight excluding hydrogens is 463 g/mol. The summed E-state index contributed by atoms with van der Waals surface area (Å²) in [7, 11) is 1.60. The van der Waals surface area contributed by atoms with Crippen LogP contribution < -0.4 is 10.1 Å². The highest BCUT2D eigenvalue weighted by atomic mass is 35.5. The van der Waals surface area contributed by atoms with Crippen LogP contribution in [0.3, 0.4) is 0 Å². The van der Waals surface area contributed by atoms with Crippen molar-refractivity contribution in [1.29, 1.82) is 0 Å². The van der Waals surface area contributed by atoms with E-state index in [0.29, 0.717) is 34.6 Å². The lowest BCUT2D eigenvalue weighted by atomic mass is 10.0. The fourth-order valence-corrected chi connectivity index (χ4v) is 3.56. The van der Waals surface area contributed by atoms with Crippen LogP contribution >= 0.6 is 11.6 Å². The maximum Gasteiger partial charge on any atom is 0.145 e. The largest absolute Gasteiger partial charge is 0.494 e. The SMILES string of the molecule is C\C=C(Cl)/C=C\C(C)=N\C(=C/C(C)C)CNc1ncnc2c(OC)cc(-c3ccc(F)cc3)cc12. The number of hydrogen-bond donors (Lipinski definition) is 1. The molecule has 2 aromatic carbocycles. The van der Waals surface area contributed by atoms with Crippen LogP contribution in [0.5, 0.6) is 5.75 Å². The Labute approximate surface area is 211 Å². The van der Waals surface area contributed by atoms with Gasteiger partial charge in [-0.3, -0.25) is 4.99 Å². The molecule has 0 aliphatic carbocycles. The van der Waals surface area contributed by atoms with Gasteiger partial charge >= 0.3 is 0 Å². The second-order valence-corrected chi connectivity index (χ2v) is 8.76. The van der Waals surface area contributed by atoms with Crippen molar-refractivity contribution < 1.29 is 9.13 Å². The summed E-state index contributed by atoms with van der Waals surface area (Å²) in [6.45, 7) is 8.50. The molecular formula is C28H30ClFN4O. The summed E-state index contributed by atoms with van der Waals surface area (Å²) < 4.78 is 19.0. The van der Waals surface area contributed by atoms with Crippen molar-refractivity contribution in [2.75, 3.05) is 19.0 Å². The molecule has 3 aromatic rings. The lowest BCUT2D eigenvalue weighted by Gasteiger charge is -2.13. The molecule has 0 atom stereocenters. The van der Waals surface area contributed by atoms with Crippen LogP contribution in [0.2, 0.25) is 0 Å². The molecule has 0 saturated carbocycles. The molecule has 7 heteroatoms. The highest BCUT2D eigenvalue weighted by Gasteiger charge is 2.12. The zero-order valence-corrected chi connectivity index (χ0v) is 21.4. The fourth-order valence-electron chi connectivity index (χ4n) is 3.50. The van der Waals surface area contributed by atoms with Crippen LogP contribution in [0, 0.1) is 11.7 Å². The van der Waals surface area contributed by atoms with E-state index in [0.717, 1.165) is 27.9 Å². The number of methoxy groups -OCH3 is 1. The van der Waals surface area contributed by atoms with E-state index < -0.39 is 0 Å². The van der Waals surface area contributed by atoms with Gasteiger partial charge in [0.15, 0.2) is 0 Å². The van der Waals surface area contributed by atoms with E-state index in [9.17, 15) is 4.39 Å². The first-order chi connectivity index (χ1) is 16.8. The molecule has 1 aromatic heterocycles. The predicted molar refractivity (Wildman–Crippen MR) is 145 cm³/mol. The van der Waals surface area contributed by atoms with E-state index in [1.54, 1.807) is 19.2 Å². The van der Waals surface area contributed by atoms with Gasteiger partial charge in [0.2, 0.25) is 0 Å². The molecule has 35 heavy (non-hydrogen) atoms. The van der Waals surface area contributed by atoms with Gasteiger partial charge in [-0.1, -0.05) is 49.7 Å². The second-order valence-electron chi connectivity index (χ2n) is 8.32. The van der Waals surface area contributed by atoms with Gasteiger partial charge in [-0.25, -0.2) is 14.4 Å². The lowest BCUT2D eigenvalue weighted by Crippen LogP contribution is -2.08. The molecule has 0 fully saturated rings. The first-order valence-corrected chi connectivity index (χ1v) is 11.8. The summed E-state index contributed by atoms with van der Waals surface area (Å²) in [5.41, 5.74) is 4.16. The van der Waals surface area contributed by atoms with Crippen molar-refractivity contribution >= 4 is 34.0 Å². The number of nitrogens with zero attached hydrogens (tertiary/aromatic N) is 3. The number of aliphatic imine (C=N–C) groups is 1. The molecule has 0 bridgehead atoms. The van der Waals surface area contributed by atoms with Gasteiger partial charge in [-0.15, -0.1) is 0 Å². The first kappa shape index (κ1) is 26.1. The Morgan fingerprint density at radius 1 is 1.14 bits per heavy atom. The summed E-state index contributed by atoms with van der Waals surface area (Å²) in [6, 6.07) is 10.2. The fraction of sp³-hybridized carbons (Fsp3) is 0.250. The zero-order valence-electron chi connectivity index (χ0n) is 20.6. The minimum Gasteiger partial charge on any atom is -0.494 e. The minimum atomic E-state index is -0.282. The van der Waals surface area contributed by atoms with E-state index in [1.165, 1.54) is 18.5 Å². The number of benzene rings is 2. The number of halogens is 2. The predicted octanol–water partition coefficient (Wildman–Crippen LogP) is 7.56. The summed E-state index contributed by atoms with van der Waals surface area (Å²) >= 11 is 6.07. The van der Waals surface area contributed by atoms with E-state index in [-0.39, 0.29) is 5.82 Å². The van der Waals surface area contributed by atoms with Gasteiger partial charge in [0.05, 0.1) is 19.4 Å². The number of hydrogen-bond acceptors (Lipinski definition) is 5. The van der Waals surface area contributed by atoms with Crippen molar-refractivity contribution in [2.45, 2.75) is 27.7 Å². The second kappa shape index (κ2) is 12.3. The lowest BCUT2D eigenvalue weighted by molar-refractivity contribution is 0.419. The minimum absolute atomic E-state index is 0.282. The Bertz CT molecular complexity index is 1290. The molecule has 1 heterocycles. The van der Waals surface area contributed by atoms with Crippen molar-refractivity contribution in [2.24, 2.45) is 10.9 Å². The van der Waals surface area contributed by atoms with Gasteiger partial charge in [-0.05, 0) is 67.3 Å². The Hall–Kier alpha value is -3.51. The molecule has 0 radical (unpaired) electrons. The molecule has 0 aliphatic heterocycles. The van der Waals surface area contributed by atoms with Crippen LogP contribution in [0.4, 0.5) is 10.2 Å². The van der Waals surface area contributed by atoms with Crippen LogP contribution in [-0.2, 0) is 0 Å². The molecule has 0 amide bonds. The van der Waals surface area contributed by atoms with E-state index in [4.69, 9.17) is 21.3 Å².